The fraction of sp³-hybridized carbons (Fsp3) is 0.207. The molecular weight excluding hydrogens is 538 g/mol. The van der Waals surface area contributed by atoms with Crippen molar-refractivity contribution in [3.8, 4) is 16.9 Å². The summed E-state index contributed by atoms with van der Waals surface area (Å²) in [5.74, 6) is -0.0478. The van der Waals surface area contributed by atoms with Gasteiger partial charge in [-0.25, -0.2) is 0 Å². The maximum absolute atomic E-state index is 12.4. The molecule has 0 fully saturated rings. The molecule has 0 aliphatic heterocycles. The Bertz CT molecular complexity index is 1260. The van der Waals surface area contributed by atoms with Crippen molar-refractivity contribution in [3.63, 3.8) is 0 Å². The van der Waals surface area contributed by atoms with E-state index >= 15 is 0 Å². The number of hydrogen-bond acceptors (Lipinski definition) is 3. The number of halogens is 2. The van der Waals surface area contributed by atoms with Gasteiger partial charge in [-0.2, -0.15) is 0 Å². The van der Waals surface area contributed by atoms with Crippen molar-refractivity contribution in [2.24, 2.45) is 0 Å². The maximum atomic E-state index is 12.4. The zero-order valence-corrected chi connectivity index (χ0v) is 22.9. The lowest BCUT2D eigenvalue weighted by atomic mass is 10.1. The van der Waals surface area contributed by atoms with Crippen LogP contribution in [0.5, 0.6) is 0 Å². The van der Waals surface area contributed by atoms with Gasteiger partial charge in [0.2, 0.25) is 0 Å². The van der Waals surface area contributed by atoms with Crippen LogP contribution in [-0.4, -0.2) is 42.6 Å². The number of rotatable bonds is 10. The largest absolute Gasteiger partial charge is 0.380 e. The minimum atomic E-state index is -0.0478. The average Bonchev–Trinajstić information content (AvgIpc) is 3.28. The van der Waals surface area contributed by atoms with Crippen LogP contribution in [0.3, 0.4) is 0 Å². The minimum absolute atomic E-state index is 0. The molecule has 7 heteroatoms. The molecule has 0 aliphatic carbocycles. The number of hydrogen-bond donors (Lipinski definition) is 1. The Labute approximate surface area is 227 Å². The van der Waals surface area contributed by atoms with Crippen LogP contribution in [-0.2, 0) is 17.9 Å². The molecule has 36 heavy (non-hydrogen) atoms. The van der Waals surface area contributed by atoms with E-state index in [0.717, 1.165) is 40.1 Å². The monoisotopic (exact) mass is 567 g/mol. The third kappa shape index (κ3) is 6.86. The van der Waals surface area contributed by atoms with Crippen molar-refractivity contribution < 1.29 is 9.53 Å². The van der Waals surface area contributed by atoms with Crippen LogP contribution >= 0.6 is 28.3 Å². The fourth-order valence-electron chi connectivity index (χ4n) is 4.15. The van der Waals surface area contributed by atoms with Crippen molar-refractivity contribution in [2.45, 2.75) is 13.2 Å². The Morgan fingerprint density at radius 1 is 0.944 bits per heavy atom. The van der Waals surface area contributed by atoms with E-state index in [9.17, 15) is 4.79 Å². The molecule has 0 atom stereocenters. The number of amides is 1. The first-order valence-electron chi connectivity index (χ1n) is 11.6. The third-order valence-corrected chi connectivity index (χ3v) is 6.41. The summed E-state index contributed by atoms with van der Waals surface area (Å²) in [6.45, 7) is 2.58. The molecular formula is C29H31BrClN3O2. The molecule has 5 nitrogen and oxygen atoms in total. The number of carbonyl (C=O) groups excluding carboxylic acids is 1. The van der Waals surface area contributed by atoms with Gasteiger partial charge < -0.3 is 14.6 Å². The molecule has 0 spiro atoms. The van der Waals surface area contributed by atoms with E-state index in [1.807, 2.05) is 36.4 Å². The highest BCUT2D eigenvalue weighted by molar-refractivity contribution is 9.10. The Hall–Kier alpha value is -2.90. The zero-order valence-electron chi connectivity index (χ0n) is 20.5. The number of nitrogens with zero attached hydrogens (tertiary/aromatic N) is 2. The van der Waals surface area contributed by atoms with Gasteiger partial charge in [-0.1, -0.05) is 64.5 Å². The van der Waals surface area contributed by atoms with Crippen molar-refractivity contribution in [1.82, 2.24) is 14.8 Å². The summed E-state index contributed by atoms with van der Waals surface area (Å²) < 4.78 is 8.86. The normalized spacial score (nSPS) is 10.8. The Kier molecular flexibility index (Phi) is 10.3. The van der Waals surface area contributed by atoms with E-state index in [2.05, 4.69) is 92.4 Å². The van der Waals surface area contributed by atoms with Crippen molar-refractivity contribution >= 4 is 34.2 Å². The van der Waals surface area contributed by atoms with Crippen LogP contribution in [0.25, 0.3) is 16.9 Å². The lowest BCUT2D eigenvalue weighted by Gasteiger charge is -2.21. The van der Waals surface area contributed by atoms with Gasteiger partial charge in [0.15, 0.2) is 0 Å². The lowest BCUT2D eigenvalue weighted by Crippen LogP contribution is -2.33. The predicted octanol–water partition coefficient (Wildman–Crippen LogP) is 6.34. The van der Waals surface area contributed by atoms with Crippen LogP contribution < -0.4 is 5.32 Å². The first kappa shape index (κ1) is 27.7. The van der Waals surface area contributed by atoms with Gasteiger partial charge in [-0.3, -0.25) is 9.69 Å². The molecule has 1 heterocycles. The number of methoxy groups -OCH3 is 1. The van der Waals surface area contributed by atoms with Crippen LogP contribution in [0.4, 0.5) is 0 Å². The highest BCUT2D eigenvalue weighted by Gasteiger charge is 2.16. The average molecular weight is 569 g/mol. The number of aromatic nitrogens is 1. The van der Waals surface area contributed by atoms with Gasteiger partial charge in [0.25, 0.3) is 5.91 Å². The topological polar surface area (TPSA) is 46.5 Å². The van der Waals surface area contributed by atoms with Gasteiger partial charge in [0, 0.05) is 48.0 Å². The Balaban J connectivity index is 0.00000361. The Morgan fingerprint density at radius 2 is 1.64 bits per heavy atom. The van der Waals surface area contributed by atoms with E-state index < -0.39 is 0 Å². The summed E-state index contributed by atoms with van der Waals surface area (Å²) in [4.78, 5) is 14.6. The molecule has 188 valence electrons. The van der Waals surface area contributed by atoms with Crippen molar-refractivity contribution in [1.29, 1.82) is 0 Å². The molecule has 4 rings (SSSR count). The van der Waals surface area contributed by atoms with Gasteiger partial charge in [-0.15, -0.1) is 12.4 Å². The smallest absolute Gasteiger partial charge is 0.251 e. The number of benzene rings is 3. The maximum Gasteiger partial charge on any atom is 0.251 e. The summed E-state index contributed by atoms with van der Waals surface area (Å²) in [5.41, 5.74) is 6.36. The number of ether oxygens (including phenoxy) is 1. The quantitative estimate of drug-likeness (QED) is 0.243. The SMILES string of the molecule is COCc1ccccc1-n1c(CN(C)CCNC(=O)c2ccccc2)ccc1-c1ccc(Br)cc1.Cl. The third-order valence-electron chi connectivity index (χ3n) is 5.88. The molecule has 1 aromatic heterocycles. The van der Waals surface area contributed by atoms with Gasteiger partial charge in [-0.05, 0) is 55.1 Å². The molecule has 1 amide bonds. The lowest BCUT2D eigenvalue weighted by molar-refractivity contribution is 0.0949. The number of para-hydroxylation sites is 1. The predicted molar refractivity (Wildman–Crippen MR) is 152 cm³/mol. The van der Waals surface area contributed by atoms with Crippen molar-refractivity contribution in [3.05, 3.63) is 112 Å². The summed E-state index contributed by atoms with van der Waals surface area (Å²) in [6, 6.07) is 30.4. The molecule has 0 radical (unpaired) electrons. The number of likely N-dealkylation sites (N-methyl/N-ethyl adjacent to an activating group) is 1. The first-order chi connectivity index (χ1) is 17.1. The summed E-state index contributed by atoms with van der Waals surface area (Å²) in [5, 5.41) is 3.02. The minimum Gasteiger partial charge on any atom is -0.380 e. The van der Waals surface area contributed by atoms with E-state index in [1.165, 1.54) is 5.69 Å². The molecule has 0 unspecified atom stereocenters. The molecule has 0 aliphatic rings. The highest BCUT2D eigenvalue weighted by Crippen LogP contribution is 2.30. The van der Waals surface area contributed by atoms with Crippen LogP contribution in [0.15, 0.2) is 95.5 Å². The Morgan fingerprint density at radius 3 is 2.36 bits per heavy atom. The molecule has 0 saturated heterocycles. The summed E-state index contributed by atoms with van der Waals surface area (Å²) in [7, 11) is 3.80. The summed E-state index contributed by atoms with van der Waals surface area (Å²) in [6.07, 6.45) is 0. The van der Waals surface area contributed by atoms with E-state index in [4.69, 9.17) is 4.74 Å². The second-order valence-corrected chi connectivity index (χ2v) is 9.39. The van der Waals surface area contributed by atoms with Gasteiger partial charge in [0.1, 0.15) is 0 Å². The second-order valence-electron chi connectivity index (χ2n) is 8.47. The fourth-order valence-corrected chi connectivity index (χ4v) is 4.41. The van der Waals surface area contributed by atoms with Gasteiger partial charge in [0.05, 0.1) is 18.0 Å². The standard InChI is InChI=1S/C29H30BrN3O2.ClH/c1-32(19-18-31-29(34)23-8-4-3-5-9-23)20-26-16-17-28(22-12-14-25(30)15-13-22)33(26)27-11-7-6-10-24(27)21-35-2;/h3-17H,18-21H2,1-2H3,(H,31,34);1H. The molecule has 0 saturated carbocycles. The van der Waals surface area contributed by atoms with E-state index in [0.29, 0.717) is 18.7 Å². The van der Waals surface area contributed by atoms with Gasteiger partial charge >= 0.3 is 0 Å². The van der Waals surface area contributed by atoms with Crippen LogP contribution in [0.2, 0.25) is 0 Å². The second kappa shape index (κ2) is 13.4. The van der Waals surface area contributed by atoms with Crippen molar-refractivity contribution in [2.75, 3.05) is 27.2 Å². The molecule has 4 aromatic rings. The highest BCUT2D eigenvalue weighted by atomic mass is 79.9. The molecule has 1 N–H and O–H groups in total. The van der Waals surface area contributed by atoms with E-state index in [-0.39, 0.29) is 18.3 Å². The zero-order chi connectivity index (χ0) is 24.6. The number of carbonyl (C=O) groups is 1. The number of nitrogens with one attached hydrogen (secondary N) is 1. The van der Waals surface area contributed by atoms with Crippen LogP contribution in [0, 0.1) is 0 Å². The van der Waals surface area contributed by atoms with Crippen LogP contribution in [0.1, 0.15) is 21.6 Å². The molecule has 3 aromatic carbocycles. The van der Waals surface area contributed by atoms with E-state index in [1.54, 1.807) is 7.11 Å². The first-order valence-corrected chi connectivity index (χ1v) is 12.4. The summed E-state index contributed by atoms with van der Waals surface area (Å²) >= 11 is 3.54. The molecule has 0 bridgehead atoms.